The molecule has 0 unspecified atom stereocenters. The van der Waals surface area contributed by atoms with Crippen molar-refractivity contribution in [3.8, 4) is 0 Å². The lowest BCUT2D eigenvalue weighted by atomic mass is 10.1. The molecule has 0 atom stereocenters. The lowest BCUT2D eigenvalue weighted by Gasteiger charge is -2.36. The lowest BCUT2D eigenvalue weighted by Crippen LogP contribution is -2.44. The third-order valence-corrected chi connectivity index (χ3v) is 5.74. The number of aromatic nitrogens is 1. The summed E-state index contributed by atoms with van der Waals surface area (Å²) in [5, 5.41) is 3.08. The Morgan fingerprint density at radius 1 is 1.00 bits per heavy atom. The van der Waals surface area contributed by atoms with Crippen molar-refractivity contribution in [3.63, 3.8) is 0 Å². The van der Waals surface area contributed by atoms with E-state index < -0.39 is 0 Å². The van der Waals surface area contributed by atoms with Crippen molar-refractivity contribution in [3.05, 3.63) is 36.2 Å². The summed E-state index contributed by atoms with van der Waals surface area (Å²) >= 11 is 0. The van der Waals surface area contributed by atoms with Gasteiger partial charge >= 0.3 is 0 Å². The zero-order valence-electron chi connectivity index (χ0n) is 16.6. The molecule has 28 heavy (non-hydrogen) atoms. The fourth-order valence-corrected chi connectivity index (χ4v) is 4.02. The second-order valence-electron chi connectivity index (χ2n) is 7.84. The third kappa shape index (κ3) is 4.09. The van der Waals surface area contributed by atoms with Crippen LogP contribution in [0.25, 0.3) is 0 Å². The number of piperidine rings is 1. The van der Waals surface area contributed by atoms with Gasteiger partial charge < -0.3 is 30.7 Å². The van der Waals surface area contributed by atoms with E-state index >= 15 is 0 Å². The molecule has 3 heterocycles. The summed E-state index contributed by atoms with van der Waals surface area (Å²) in [7, 11) is 2.17. The highest BCUT2D eigenvalue weighted by atomic mass is 16.1. The van der Waals surface area contributed by atoms with Crippen LogP contribution in [0.1, 0.15) is 29.8 Å². The Morgan fingerprint density at radius 3 is 2.43 bits per heavy atom. The number of carbonyl (C=O) groups is 1. The van der Waals surface area contributed by atoms with Gasteiger partial charge in [0, 0.05) is 56.8 Å². The maximum absolute atomic E-state index is 12.7. The van der Waals surface area contributed by atoms with Gasteiger partial charge in [0.2, 0.25) is 0 Å². The first-order valence-electron chi connectivity index (χ1n) is 10.2. The van der Waals surface area contributed by atoms with Crippen LogP contribution in [0.5, 0.6) is 0 Å². The number of H-pyrrole nitrogens is 1. The van der Waals surface area contributed by atoms with Crippen LogP contribution in [0.3, 0.4) is 0 Å². The number of nitrogen functional groups attached to an aromatic ring is 1. The molecule has 0 spiro atoms. The van der Waals surface area contributed by atoms with E-state index in [1.54, 1.807) is 12.3 Å². The Morgan fingerprint density at radius 2 is 1.75 bits per heavy atom. The minimum atomic E-state index is -0.165. The molecule has 2 fully saturated rings. The van der Waals surface area contributed by atoms with Crippen molar-refractivity contribution < 1.29 is 4.79 Å². The summed E-state index contributed by atoms with van der Waals surface area (Å²) in [6, 6.07) is 8.07. The highest BCUT2D eigenvalue weighted by molar-refractivity contribution is 6.05. The molecule has 0 bridgehead atoms. The average molecular weight is 383 g/mol. The molecule has 0 aliphatic carbocycles. The van der Waals surface area contributed by atoms with Crippen molar-refractivity contribution in [2.24, 2.45) is 0 Å². The number of aromatic amines is 1. The molecule has 4 N–H and O–H groups in total. The zero-order valence-corrected chi connectivity index (χ0v) is 16.6. The predicted molar refractivity (Wildman–Crippen MR) is 115 cm³/mol. The summed E-state index contributed by atoms with van der Waals surface area (Å²) in [6.45, 7) is 6.28. The normalized spacial score (nSPS) is 18.3. The van der Waals surface area contributed by atoms with Crippen LogP contribution in [-0.4, -0.2) is 62.1 Å². The topological polar surface area (TPSA) is 80.6 Å². The molecule has 2 aliphatic rings. The number of nitrogens with one attached hydrogen (secondary N) is 2. The van der Waals surface area contributed by atoms with Crippen LogP contribution < -0.4 is 20.9 Å². The number of rotatable bonds is 4. The monoisotopic (exact) mass is 382 g/mol. The van der Waals surface area contributed by atoms with Gasteiger partial charge in [-0.1, -0.05) is 0 Å². The number of anilines is 4. The first-order valence-corrected chi connectivity index (χ1v) is 10.2. The third-order valence-electron chi connectivity index (χ3n) is 5.74. The molecular weight excluding hydrogens is 352 g/mol. The molecule has 2 aromatic rings. The van der Waals surface area contributed by atoms with Gasteiger partial charge in [-0.25, -0.2) is 0 Å². The van der Waals surface area contributed by atoms with Crippen LogP contribution in [-0.2, 0) is 0 Å². The highest BCUT2D eigenvalue weighted by Gasteiger charge is 2.20. The Kier molecular flexibility index (Phi) is 5.43. The first-order chi connectivity index (χ1) is 13.6. The lowest BCUT2D eigenvalue weighted by molar-refractivity contribution is 0.102. The van der Waals surface area contributed by atoms with Crippen molar-refractivity contribution in [2.45, 2.75) is 19.3 Å². The van der Waals surface area contributed by atoms with Gasteiger partial charge in [-0.15, -0.1) is 0 Å². The van der Waals surface area contributed by atoms with E-state index in [1.807, 2.05) is 6.07 Å². The van der Waals surface area contributed by atoms with Crippen LogP contribution in [0.4, 0.5) is 22.7 Å². The Balaban J connectivity index is 1.60. The van der Waals surface area contributed by atoms with Crippen molar-refractivity contribution >= 4 is 28.7 Å². The average Bonchev–Trinajstić information content (AvgIpc) is 3.16. The van der Waals surface area contributed by atoms with Gasteiger partial charge in [0.05, 0.1) is 11.4 Å². The molecule has 0 radical (unpaired) electrons. The van der Waals surface area contributed by atoms with E-state index in [2.05, 4.69) is 44.2 Å². The molecule has 2 saturated heterocycles. The van der Waals surface area contributed by atoms with Gasteiger partial charge in [-0.2, -0.15) is 0 Å². The smallest absolute Gasteiger partial charge is 0.272 e. The van der Waals surface area contributed by atoms with Gasteiger partial charge in [0.15, 0.2) is 0 Å². The fourth-order valence-electron chi connectivity index (χ4n) is 4.02. The Hall–Kier alpha value is -2.67. The number of hydrogen-bond donors (Lipinski definition) is 3. The standard InChI is InChI=1S/C21H30N6O/c1-25-9-11-26(12-10-25)17-5-6-18(20(14-17)27-7-3-2-4-8-27)24-21(28)19-13-16(22)15-23-19/h5-6,13-15,23H,2-4,7-12,22H2,1H3,(H,24,28). The number of carbonyl (C=O) groups excluding carboxylic acids is 1. The van der Waals surface area contributed by atoms with Crippen molar-refractivity contribution in [1.82, 2.24) is 9.88 Å². The van der Waals surface area contributed by atoms with Gasteiger partial charge in [-0.05, 0) is 50.6 Å². The van der Waals surface area contributed by atoms with Crippen LogP contribution >= 0.6 is 0 Å². The van der Waals surface area contributed by atoms with Gasteiger partial charge in [0.25, 0.3) is 5.91 Å². The summed E-state index contributed by atoms with van der Waals surface area (Å²) in [4.78, 5) is 22.8. The van der Waals surface area contributed by atoms with E-state index in [-0.39, 0.29) is 5.91 Å². The summed E-state index contributed by atoms with van der Waals surface area (Å²) in [6.07, 6.45) is 5.30. The van der Waals surface area contributed by atoms with Gasteiger partial charge in [0.1, 0.15) is 5.69 Å². The summed E-state index contributed by atoms with van der Waals surface area (Å²) in [5.41, 5.74) is 9.99. The second-order valence-corrected chi connectivity index (χ2v) is 7.84. The molecule has 7 heteroatoms. The molecule has 0 saturated carbocycles. The maximum Gasteiger partial charge on any atom is 0.272 e. The predicted octanol–water partition coefficient (Wildman–Crippen LogP) is 2.59. The molecule has 2 aliphatic heterocycles. The fraction of sp³-hybridized carbons (Fsp3) is 0.476. The SMILES string of the molecule is CN1CCN(c2ccc(NC(=O)c3cc(N)c[nH]3)c(N3CCCCC3)c2)CC1. The number of nitrogens with zero attached hydrogens (tertiary/aromatic N) is 3. The molecule has 7 nitrogen and oxygen atoms in total. The van der Waals surface area contributed by atoms with E-state index in [9.17, 15) is 4.79 Å². The zero-order chi connectivity index (χ0) is 19.5. The minimum Gasteiger partial charge on any atom is -0.397 e. The molecular formula is C21H30N6O. The quantitative estimate of drug-likeness (QED) is 0.757. The number of hydrogen-bond acceptors (Lipinski definition) is 5. The van der Waals surface area contributed by atoms with E-state index in [1.165, 1.54) is 24.9 Å². The number of nitrogens with two attached hydrogens (primary N) is 1. The summed E-state index contributed by atoms with van der Waals surface area (Å²) < 4.78 is 0. The Labute approximate surface area is 166 Å². The molecule has 150 valence electrons. The van der Waals surface area contributed by atoms with Crippen LogP contribution in [0.15, 0.2) is 30.5 Å². The van der Waals surface area contributed by atoms with Crippen LogP contribution in [0, 0.1) is 0 Å². The number of amides is 1. The largest absolute Gasteiger partial charge is 0.397 e. The molecule has 1 amide bonds. The second kappa shape index (κ2) is 8.14. The maximum atomic E-state index is 12.7. The first kappa shape index (κ1) is 18.7. The molecule has 4 rings (SSSR count). The van der Waals surface area contributed by atoms with E-state index in [0.29, 0.717) is 11.4 Å². The number of piperazine rings is 1. The number of benzene rings is 1. The summed E-state index contributed by atoms with van der Waals surface area (Å²) in [5.74, 6) is -0.165. The Bertz CT molecular complexity index is 818. The minimum absolute atomic E-state index is 0.165. The molecule has 1 aromatic carbocycles. The van der Waals surface area contributed by atoms with Crippen LogP contribution in [0.2, 0.25) is 0 Å². The molecule has 1 aromatic heterocycles. The van der Waals surface area contributed by atoms with Crippen molar-refractivity contribution in [2.75, 3.05) is 67.2 Å². The van der Waals surface area contributed by atoms with E-state index in [4.69, 9.17) is 5.73 Å². The van der Waals surface area contributed by atoms with E-state index in [0.717, 1.165) is 50.6 Å². The highest BCUT2D eigenvalue weighted by Crippen LogP contribution is 2.33. The number of likely N-dealkylation sites (N-methyl/N-ethyl adjacent to an activating group) is 1. The van der Waals surface area contributed by atoms with Gasteiger partial charge in [-0.3, -0.25) is 4.79 Å². The van der Waals surface area contributed by atoms with Crippen molar-refractivity contribution in [1.29, 1.82) is 0 Å².